The van der Waals surface area contributed by atoms with Crippen molar-refractivity contribution in [1.82, 2.24) is 15.0 Å². The molecule has 0 fully saturated rings. The van der Waals surface area contributed by atoms with Gasteiger partial charge in [-0.25, -0.2) is 9.97 Å². The van der Waals surface area contributed by atoms with Crippen molar-refractivity contribution in [3.63, 3.8) is 0 Å². The zero-order chi connectivity index (χ0) is 39.5. The van der Waals surface area contributed by atoms with Crippen LogP contribution in [0.15, 0.2) is 225 Å². The minimum absolute atomic E-state index is 0.655. The normalized spacial score (nSPS) is 14.8. The summed E-state index contributed by atoms with van der Waals surface area (Å²) in [4.78, 5) is 15.1. The maximum absolute atomic E-state index is 5.41. The molecule has 278 valence electrons. The Morgan fingerprint density at radius 2 is 1.14 bits per heavy atom. The van der Waals surface area contributed by atoms with E-state index in [9.17, 15) is 0 Å². The predicted octanol–water partition coefficient (Wildman–Crippen LogP) is 12.3. The summed E-state index contributed by atoms with van der Waals surface area (Å²) in [6.07, 6.45) is 13.0. The fourth-order valence-electron chi connectivity index (χ4n) is 8.33. The van der Waals surface area contributed by atoms with Crippen molar-refractivity contribution in [1.29, 1.82) is 0 Å². The Kier molecular flexibility index (Phi) is 9.46. The molecule has 0 saturated carbocycles. The molecule has 59 heavy (non-hydrogen) atoms. The summed E-state index contributed by atoms with van der Waals surface area (Å²) in [5, 5.41) is 7.08. The van der Waals surface area contributed by atoms with Crippen LogP contribution in [0.25, 0.3) is 77.7 Å². The van der Waals surface area contributed by atoms with Gasteiger partial charge in [-0.2, -0.15) is 0 Å². The van der Waals surface area contributed by atoms with E-state index in [0.717, 1.165) is 72.9 Å². The fraction of sp³-hybridized carbons (Fsp3) is 0.0179. The molecule has 0 unspecified atom stereocenters. The average molecular weight is 754 g/mol. The van der Waals surface area contributed by atoms with E-state index in [1.54, 1.807) is 6.20 Å². The molecule has 0 aliphatic heterocycles. The van der Waals surface area contributed by atoms with Gasteiger partial charge in [-0.1, -0.05) is 183 Å². The Labute approximate surface area is 344 Å². The van der Waals surface area contributed by atoms with Crippen LogP contribution in [0.5, 0.6) is 0 Å². The molecule has 10 rings (SSSR count). The van der Waals surface area contributed by atoms with Crippen molar-refractivity contribution < 1.29 is 0 Å². The van der Waals surface area contributed by atoms with Crippen molar-refractivity contribution in [3.8, 4) is 45.0 Å². The van der Waals surface area contributed by atoms with E-state index in [4.69, 9.17) is 9.97 Å². The van der Waals surface area contributed by atoms with Gasteiger partial charge in [0.25, 0.3) is 0 Å². The Balaban J connectivity index is 1.20. The zero-order valence-electron chi connectivity index (χ0n) is 32.5. The number of aromatic nitrogens is 3. The number of benzene rings is 7. The largest absolute Gasteiger partial charge is 0.264 e. The van der Waals surface area contributed by atoms with Crippen molar-refractivity contribution in [3.05, 3.63) is 246 Å². The third kappa shape index (κ3) is 7.00. The molecular formula is C56H39N3. The van der Waals surface area contributed by atoms with Crippen LogP contribution in [0.2, 0.25) is 0 Å². The first-order chi connectivity index (χ1) is 29.2. The van der Waals surface area contributed by atoms with Crippen molar-refractivity contribution in [2.45, 2.75) is 6.42 Å². The first kappa shape index (κ1) is 35.6. The van der Waals surface area contributed by atoms with Crippen LogP contribution < -0.4 is 10.4 Å². The fourth-order valence-corrected chi connectivity index (χ4v) is 8.33. The van der Waals surface area contributed by atoms with Crippen LogP contribution in [0, 0.1) is 0 Å². The van der Waals surface area contributed by atoms with E-state index in [2.05, 4.69) is 206 Å². The maximum atomic E-state index is 5.41. The lowest BCUT2D eigenvalue weighted by atomic mass is 9.90. The molecule has 7 aromatic carbocycles. The van der Waals surface area contributed by atoms with Gasteiger partial charge >= 0.3 is 0 Å². The Hall–Kier alpha value is -7.75. The van der Waals surface area contributed by atoms with E-state index in [0.29, 0.717) is 5.82 Å². The topological polar surface area (TPSA) is 38.7 Å². The molecule has 0 N–H and O–H groups in total. The van der Waals surface area contributed by atoms with E-state index in [1.807, 2.05) is 12.3 Å². The van der Waals surface area contributed by atoms with Gasteiger partial charge < -0.3 is 0 Å². The summed E-state index contributed by atoms with van der Waals surface area (Å²) >= 11 is 0. The quantitative estimate of drug-likeness (QED) is 0.159. The van der Waals surface area contributed by atoms with Crippen LogP contribution in [-0.4, -0.2) is 15.0 Å². The predicted molar refractivity (Wildman–Crippen MR) is 246 cm³/mol. The third-order valence-corrected chi connectivity index (χ3v) is 11.2. The molecule has 3 nitrogen and oxygen atoms in total. The molecule has 0 radical (unpaired) electrons. The van der Waals surface area contributed by atoms with E-state index in [-0.39, 0.29) is 0 Å². The summed E-state index contributed by atoms with van der Waals surface area (Å²) in [5.41, 5.74) is 12.4. The number of pyridine rings is 1. The van der Waals surface area contributed by atoms with Gasteiger partial charge in [0.15, 0.2) is 5.82 Å². The van der Waals surface area contributed by atoms with E-state index in [1.165, 1.54) is 32.5 Å². The minimum atomic E-state index is 0.655. The standard InChI is InChI=1S/C56H39N3/c1-38-16-4-2-7-23-46(40-17-5-3-6-18-40)49-26-12-13-28-51(49)55(38)43-20-14-21-44(34-43)56-58-53(41-31-29-39(30-32-41)45-22-15-33-57-37-45)36-54(59-56)52-35-42-19-8-9-24-47(42)48-25-10-11-27-50(48)52/h2-22,24-37H,1,23H2/b7-2-,16-4-,49-46+,55-51?. The van der Waals surface area contributed by atoms with Crippen molar-refractivity contribution >= 4 is 32.7 Å². The molecule has 0 spiro atoms. The average Bonchev–Trinajstić information content (AvgIpc) is 3.31. The van der Waals surface area contributed by atoms with E-state index < -0.39 is 0 Å². The first-order valence-corrected chi connectivity index (χ1v) is 20.0. The number of fused-ring (bicyclic) bond motifs is 4. The molecule has 9 aromatic rings. The van der Waals surface area contributed by atoms with Crippen LogP contribution in [-0.2, 0) is 0 Å². The van der Waals surface area contributed by atoms with Gasteiger partial charge in [-0.15, -0.1) is 0 Å². The molecule has 0 bridgehead atoms. The number of allylic oxidation sites excluding steroid dienone is 5. The number of hydrogen-bond donors (Lipinski definition) is 0. The minimum Gasteiger partial charge on any atom is -0.264 e. The molecule has 0 saturated heterocycles. The smallest absolute Gasteiger partial charge is 0.160 e. The van der Waals surface area contributed by atoms with Crippen LogP contribution in [0.4, 0.5) is 0 Å². The van der Waals surface area contributed by atoms with Gasteiger partial charge in [-0.05, 0) is 102 Å². The van der Waals surface area contributed by atoms with Crippen molar-refractivity contribution in [2.75, 3.05) is 0 Å². The second kappa shape index (κ2) is 15.7. The van der Waals surface area contributed by atoms with E-state index >= 15 is 0 Å². The van der Waals surface area contributed by atoms with Gasteiger partial charge in [-0.3, -0.25) is 4.98 Å². The van der Waals surface area contributed by atoms with Gasteiger partial charge in [0.2, 0.25) is 0 Å². The number of hydrogen-bond acceptors (Lipinski definition) is 3. The second-order valence-corrected chi connectivity index (χ2v) is 14.8. The molecular weight excluding hydrogens is 715 g/mol. The molecule has 3 heteroatoms. The van der Waals surface area contributed by atoms with Gasteiger partial charge in [0, 0.05) is 29.1 Å². The second-order valence-electron chi connectivity index (χ2n) is 14.8. The zero-order valence-corrected chi connectivity index (χ0v) is 32.5. The lowest BCUT2D eigenvalue weighted by Gasteiger charge is -2.15. The highest BCUT2D eigenvalue weighted by Crippen LogP contribution is 2.37. The summed E-state index contributed by atoms with van der Waals surface area (Å²) in [6.45, 7) is 4.63. The Bertz CT molecular complexity index is 3230. The van der Waals surface area contributed by atoms with Crippen molar-refractivity contribution in [2.24, 2.45) is 0 Å². The SMILES string of the molecule is C=C1/C=C\C=C/C/C(c2ccccc2)=c2/ccccc2=C1c1cccc(-c2nc(-c3ccc(-c4cccnc4)cc3)cc(-c3cc4ccccc4c4ccccc34)n2)c1. The number of rotatable bonds is 6. The molecule has 2 heterocycles. The van der Waals surface area contributed by atoms with Crippen LogP contribution >= 0.6 is 0 Å². The Morgan fingerprint density at radius 1 is 0.458 bits per heavy atom. The lowest BCUT2D eigenvalue weighted by Crippen LogP contribution is -2.30. The molecule has 1 aliphatic rings. The highest BCUT2D eigenvalue weighted by molar-refractivity contribution is 6.13. The lowest BCUT2D eigenvalue weighted by molar-refractivity contribution is 1.18. The Morgan fingerprint density at radius 3 is 1.97 bits per heavy atom. The monoisotopic (exact) mass is 753 g/mol. The molecule has 1 aliphatic carbocycles. The summed E-state index contributed by atoms with van der Waals surface area (Å²) < 4.78 is 0. The van der Waals surface area contributed by atoms with Gasteiger partial charge in [0.05, 0.1) is 11.4 Å². The van der Waals surface area contributed by atoms with Crippen LogP contribution in [0.3, 0.4) is 0 Å². The van der Waals surface area contributed by atoms with Gasteiger partial charge in [0.1, 0.15) is 0 Å². The first-order valence-electron chi connectivity index (χ1n) is 20.0. The highest BCUT2D eigenvalue weighted by atomic mass is 14.9. The number of nitrogens with zero attached hydrogens (tertiary/aromatic N) is 3. The summed E-state index contributed by atoms with van der Waals surface area (Å²) in [7, 11) is 0. The molecule has 0 atom stereocenters. The highest BCUT2D eigenvalue weighted by Gasteiger charge is 2.17. The van der Waals surface area contributed by atoms with Crippen LogP contribution in [0.1, 0.15) is 17.5 Å². The third-order valence-electron chi connectivity index (χ3n) is 11.2. The maximum Gasteiger partial charge on any atom is 0.160 e. The summed E-state index contributed by atoms with van der Waals surface area (Å²) in [5.74, 6) is 0.655. The molecule has 0 amide bonds. The summed E-state index contributed by atoms with van der Waals surface area (Å²) in [6, 6.07) is 62.3. The molecule has 2 aromatic heterocycles.